The van der Waals surface area contributed by atoms with Gasteiger partial charge >= 0.3 is 5.97 Å². The van der Waals surface area contributed by atoms with Crippen LogP contribution in [-0.2, 0) is 9.53 Å². The van der Waals surface area contributed by atoms with Crippen molar-refractivity contribution in [3.8, 4) is 17.0 Å². The summed E-state index contributed by atoms with van der Waals surface area (Å²) in [6, 6.07) is 7.14. The number of halogens is 1. The largest absolute Gasteiger partial charge is 0.480 e. The molecule has 0 bridgehead atoms. The van der Waals surface area contributed by atoms with Gasteiger partial charge < -0.3 is 20.2 Å². The van der Waals surface area contributed by atoms with Crippen molar-refractivity contribution in [3.05, 3.63) is 41.0 Å². The number of carbonyl (C=O) groups excluding carboxylic acids is 2. The number of pyridine rings is 1. The van der Waals surface area contributed by atoms with Crippen molar-refractivity contribution >= 4 is 40.2 Å². The standard InChI is InChI=1S/C26H33ClN4O4/c1-26(2,3)35-25(33)19-15-29-21-14-20(27)17(13-18(19)21)16-10-11-22(30-24(16)34-5)31(4)23(32)9-7-6-8-12-28/h10-11,13-15,29H,6-9,12,28H2,1-5H3. The van der Waals surface area contributed by atoms with Gasteiger partial charge in [-0.1, -0.05) is 18.0 Å². The number of methoxy groups -OCH3 is 1. The molecule has 2 aromatic heterocycles. The Labute approximate surface area is 210 Å². The van der Waals surface area contributed by atoms with Crippen molar-refractivity contribution < 1.29 is 19.1 Å². The number of nitrogens with zero attached hydrogens (tertiary/aromatic N) is 2. The van der Waals surface area contributed by atoms with Crippen molar-refractivity contribution in [2.24, 2.45) is 5.73 Å². The maximum absolute atomic E-state index is 12.7. The molecule has 35 heavy (non-hydrogen) atoms. The summed E-state index contributed by atoms with van der Waals surface area (Å²) in [6.45, 7) is 6.09. The van der Waals surface area contributed by atoms with Crippen LogP contribution in [0.3, 0.4) is 0 Å². The molecule has 0 aliphatic heterocycles. The summed E-state index contributed by atoms with van der Waals surface area (Å²) < 4.78 is 11.1. The second-order valence-electron chi connectivity index (χ2n) is 9.36. The topological polar surface area (TPSA) is 111 Å². The molecule has 0 aliphatic rings. The van der Waals surface area contributed by atoms with Gasteiger partial charge in [-0.05, 0) is 64.4 Å². The molecule has 0 unspecified atom stereocenters. The van der Waals surface area contributed by atoms with Gasteiger partial charge in [-0.3, -0.25) is 9.69 Å². The van der Waals surface area contributed by atoms with Gasteiger partial charge in [-0.15, -0.1) is 0 Å². The molecule has 0 radical (unpaired) electrons. The second-order valence-corrected chi connectivity index (χ2v) is 9.77. The fourth-order valence-corrected chi connectivity index (χ4v) is 3.99. The highest BCUT2D eigenvalue weighted by molar-refractivity contribution is 6.34. The molecule has 8 nitrogen and oxygen atoms in total. The van der Waals surface area contributed by atoms with Crippen LogP contribution in [0.5, 0.6) is 5.88 Å². The zero-order valence-corrected chi connectivity index (χ0v) is 21.7. The Morgan fingerprint density at radius 3 is 2.54 bits per heavy atom. The van der Waals surface area contributed by atoms with E-state index < -0.39 is 11.6 Å². The molecule has 3 rings (SSSR count). The third kappa shape index (κ3) is 6.32. The molecule has 0 saturated carbocycles. The molecular formula is C26H33ClN4O4. The van der Waals surface area contributed by atoms with Crippen molar-refractivity contribution in [1.29, 1.82) is 0 Å². The summed E-state index contributed by atoms with van der Waals surface area (Å²) in [6.07, 6.45) is 4.63. The number of ether oxygens (including phenoxy) is 2. The Morgan fingerprint density at radius 1 is 1.14 bits per heavy atom. The number of fused-ring (bicyclic) bond motifs is 1. The minimum Gasteiger partial charge on any atom is -0.480 e. The summed E-state index contributed by atoms with van der Waals surface area (Å²) in [5.74, 6) is 0.339. The third-order valence-electron chi connectivity index (χ3n) is 5.53. The fraction of sp³-hybridized carbons (Fsp3) is 0.423. The van der Waals surface area contributed by atoms with Crippen molar-refractivity contribution in [2.75, 3.05) is 25.6 Å². The van der Waals surface area contributed by atoms with Crippen LogP contribution >= 0.6 is 11.6 Å². The summed E-state index contributed by atoms with van der Waals surface area (Å²) >= 11 is 6.60. The quantitative estimate of drug-likeness (QED) is 0.303. The first-order valence-electron chi connectivity index (χ1n) is 11.6. The van der Waals surface area contributed by atoms with Crippen molar-refractivity contribution in [3.63, 3.8) is 0 Å². The average Bonchev–Trinajstić information content (AvgIpc) is 3.22. The minimum absolute atomic E-state index is 0.0295. The number of esters is 1. The second kappa shape index (κ2) is 11.1. The molecule has 1 aromatic carbocycles. The van der Waals surface area contributed by atoms with Crippen LogP contribution < -0.4 is 15.4 Å². The summed E-state index contributed by atoms with van der Waals surface area (Å²) in [5.41, 5.74) is 7.32. The predicted molar refractivity (Wildman–Crippen MR) is 139 cm³/mol. The number of H-pyrrole nitrogens is 1. The summed E-state index contributed by atoms with van der Waals surface area (Å²) in [5, 5.41) is 1.14. The van der Waals surface area contributed by atoms with Crippen LogP contribution in [0.15, 0.2) is 30.5 Å². The molecule has 2 heterocycles. The molecule has 188 valence electrons. The monoisotopic (exact) mass is 500 g/mol. The van der Waals surface area contributed by atoms with Gasteiger partial charge in [0.25, 0.3) is 0 Å². The molecule has 0 aliphatic carbocycles. The van der Waals surface area contributed by atoms with E-state index in [2.05, 4.69) is 9.97 Å². The van der Waals surface area contributed by atoms with Crippen molar-refractivity contribution in [2.45, 2.75) is 52.1 Å². The highest BCUT2D eigenvalue weighted by atomic mass is 35.5. The SMILES string of the molecule is COc1nc(N(C)C(=O)CCCCCN)ccc1-c1cc2c(C(=O)OC(C)(C)C)c[nH]c2cc1Cl. The normalized spacial score (nSPS) is 11.5. The van der Waals surface area contributed by atoms with Crippen LogP contribution in [0.25, 0.3) is 22.0 Å². The van der Waals surface area contributed by atoms with E-state index in [9.17, 15) is 9.59 Å². The summed E-state index contributed by atoms with van der Waals surface area (Å²) in [4.78, 5) is 34.5. The van der Waals surface area contributed by atoms with Crippen molar-refractivity contribution in [1.82, 2.24) is 9.97 Å². The first kappa shape index (κ1) is 26.5. The highest BCUT2D eigenvalue weighted by Gasteiger charge is 2.23. The van der Waals surface area contributed by atoms with Crippen LogP contribution in [0, 0.1) is 0 Å². The number of anilines is 1. The van der Waals surface area contributed by atoms with Gasteiger partial charge in [0.05, 0.1) is 17.7 Å². The van der Waals surface area contributed by atoms with E-state index in [-0.39, 0.29) is 5.91 Å². The number of aromatic amines is 1. The average molecular weight is 501 g/mol. The van der Waals surface area contributed by atoms with Crippen LogP contribution in [0.2, 0.25) is 5.02 Å². The van der Waals surface area contributed by atoms with E-state index in [0.29, 0.717) is 57.3 Å². The van der Waals surface area contributed by atoms with Gasteiger partial charge in [-0.25, -0.2) is 4.79 Å². The number of hydrogen-bond acceptors (Lipinski definition) is 6. The van der Waals surface area contributed by atoms with E-state index in [1.165, 1.54) is 12.0 Å². The molecule has 9 heteroatoms. The Balaban J connectivity index is 1.94. The number of amides is 1. The molecule has 0 saturated heterocycles. The lowest BCUT2D eigenvalue weighted by Gasteiger charge is -2.19. The molecule has 0 spiro atoms. The number of rotatable bonds is 9. The Kier molecular flexibility index (Phi) is 8.40. The van der Waals surface area contributed by atoms with Gasteiger partial charge in [-0.2, -0.15) is 4.98 Å². The highest BCUT2D eigenvalue weighted by Crippen LogP contribution is 2.38. The first-order valence-corrected chi connectivity index (χ1v) is 12.0. The maximum Gasteiger partial charge on any atom is 0.340 e. The minimum atomic E-state index is -0.618. The lowest BCUT2D eigenvalue weighted by molar-refractivity contribution is -0.118. The fourth-order valence-electron chi connectivity index (χ4n) is 3.72. The van der Waals surface area contributed by atoms with E-state index in [0.717, 1.165) is 19.3 Å². The maximum atomic E-state index is 12.7. The lowest BCUT2D eigenvalue weighted by Crippen LogP contribution is -2.26. The number of nitrogens with one attached hydrogen (secondary N) is 1. The molecule has 0 atom stereocenters. The number of unbranched alkanes of at least 4 members (excludes halogenated alkanes) is 2. The first-order chi connectivity index (χ1) is 16.6. The third-order valence-corrected chi connectivity index (χ3v) is 5.84. The smallest absolute Gasteiger partial charge is 0.340 e. The summed E-state index contributed by atoms with van der Waals surface area (Å²) in [7, 11) is 3.21. The molecule has 1 amide bonds. The number of nitrogens with two attached hydrogens (primary N) is 1. The molecule has 3 N–H and O–H groups in total. The molecular weight excluding hydrogens is 468 g/mol. The van der Waals surface area contributed by atoms with E-state index in [1.807, 2.05) is 32.9 Å². The molecule has 3 aromatic rings. The van der Waals surface area contributed by atoms with E-state index >= 15 is 0 Å². The van der Waals surface area contributed by atoms with Gasteiger partial charge in [0.2, 0.25) is 11.8 Å². The van der Waals surface area contributed by atoms with Crippen LogP contribution in [0.1, 0.15) is 56.8 Å². The number of benzene rings is 1. The number of hydrogen-bond donors (Lipinski definition) is 2. The molecule has 0 fully saturated rings. The van der Waals surface area contributed by atoms with E-state index in [4.69, 9.17) is 26.8 Å². The Hall–Kier alpha value is -3.10. The lowest BCUT2D eigenvalue weighted by atomic mass is 10.0. The predicted octanol–water partition coefficient (Wildman–Crippen LogP) is 5.33. The number of carbonyl (C=O) groups is 2. The van der Waals surface area contributed by atoms with E-state index in [1.54, 1.807) is 25.4 Å². The Bertz CT molecular complexity index is 1220. The van der Waals surface area contributed by atoms with Crippen LogP contribution in [0.4, 0.5) is 5.82 Å². The zero-order valence-electron chi connectivity index (χ0n) is 20.9. The van der Waals surface area contributed by atoms with Gasteiger partial charge in [0, 0.05) is 41.7 Å². The van der Waals surface area contributed by atoms with Gasteiger partial charge in [0.1, 0.15) is 11.4 Å². The van der Waals surface area contributed by atoms with Crippen LogP contribution in [-0.4, -0.2) is 48.1 Å². The zero-order chi connectivity index (χ0) is 25.8. The van der Waals surface area contributed by atoms with Gasteiger partial charge in [0.15, 0.2) is 0 Å². The Morgan fingerprint density at radius 2 is 1.89 bits per heavy atom. The number of aromatic nitrogens is 2.